The van der Waals surface area contributed by atoms with Crippen LogP contribution < -0.4 is 10.1 Å². The summed E-state index contributed by atoms with van der Waals surface area (Å²) in [5.74, 6) is 1.71. The number of rotatable bonds is 6. The molecule has 0 spiro atoms. The van der Waals surface area contributed by atoms with Crippen molar-refractivity contribution < 1.29 is 9.53 Å². The van der Waals surface area contributed by atoms with Crippen LogP contribution in [0.4, 0.5) is 5.82 Å². The van der Waals surface area contributed by atoms with Gasteiger partial charge in [0, 0.05) is 12.7 Å². The van der Waals surface area contributed by atoms with Crippen LogP contribution in [0, 0.1) is 0 Å². The summed E-state index contributed by atoms with van der Waals surface area (Å²) < 4.78 is 7.45. The number of hydrogen-bond acceptors (Lipinski definition) is 4. The Hall–Kier alpha value is -3.15. The molecule has 1 aromatic carbocycles. The minimum Gasteiger partial charge on any atom is -0.456 e. The number of amides is 1. The van der Waals surface area contributed by atoms with Crippen LogP contribution in [0.1, 0.15) is 12.5 Å². The zero-order valence-electron chi connectivity index (χ0n) is 13.3. The summed E-state index contributed by atoms with van der Waals surface area (Å²) in [6.45, 7) is 2.78. The van der Waals surface area contributed by atoms with E-state index >= 15 is 0 Å². The number of nitrogens with zero attached hydrogens (tertiary/aromatic N) is 3. The maximum Gasteiger partial charge on any atom is 0.230 e. The van der Waals surface area contributed by atoms with E-state index < -0.39 is 0 Å². The third-order valence-corrected chi connectivity index (χ3v) is 3.36. The normalized spacial score (nSPS) is 10.4. The molecule has 0 fully saturated rings. The van der Waals surface area contributed by atoms with Crippen LogP contribution >= 0.6 is 0 Å². The van der Waals surface area contributed by atoms with Gasteiger partial charge in [-0.15, -0.1) is 0 Å². The number of pyridine rings is 1. The Kier molecular flexibility index (Phi) is 4.86. The zero-order valence-corrected chi connectivity index (χ0v) is 13.3. The Balaban J connectivity index is 1.56. The molecule has 2 heterocycles. The van der Waals surface area contributed by atoms with Crippen molar-refractivity contribution in [3.8, 4) is 11.5 Å². The van der Waals surface area contributed by atoms with E-state index in [-0.39, 0.29) is 12.3 Å². The van der Waals surface area contributed by atoms with Gasteiger partial charge in [0.25, 0.3) is 0 Å². The van der Waals surface area contributed by atoms with E-state index in [0.29, 0.717) is 11.6 Å². The molecule has 0 bridgehead atoms. The van der Waals surface area contributed by atoms with Gasteiger partial charge in [-0.25, -0.2) is 4.98 Å². The van der Waals surface area contributed by atoms with Crippen LogP contribution in [-0.4, -0.2) is 20.7 Å². The van der Waals surface area contributed by atoms with E-state index in [1.54, 1.807) is 29.2 Å². The molecular formula is C18H18N4O2. The number of ether oxygens (including phenoxy) is 1. The summed E-state index contributed by atoms with van der Waals surface area (Å²) in [5.41, 5.74) is 0.874. The van der Waals surface area contributed by atoms with Gasteiger partial charge in [0.15, 0.2) is 0 Å². The molecule has 0 saturated heterocycles. The molecule has 0 aliphatic heterocycles. The first kappa shape index (κ1) is 15.7. The standard InChI is InChI=1S/C18H18N4O2/c1-2-22-13-14(11-20-22)10-18(23)21-17-9-8-16(12-19-17)24-15-6-4-3-5-7-15/h3-9,11-13H,2,10H2,1H3,(H,19,21,23). The van der Waals surface area contributed by atoms with Crippen molar-refractivity contribution in [2.24, 2.45) is 0 Å². The Bertz CT molecular complexity index is 797. The molecule has 0 unspecified atom stereocenters. The predicted octanol–water partition coefficient (Wildman–Crippen LogP) is 3.27. The largest absolute Gasteiger partial charge is 0.456 e. The fourth-order valence-corrected chi connectivity index (χ4v) is 2.18. The topological polar surface area (TPSA) is 69.0 Å². The molecule has 0 aliphatic carbocycles. The first-order valence-corrected chi connectivity index (χ1v) is 7.73. The molecular weight excluding hydrogens is 304 g/mol. The number of nitrogens with one attached hydrogen (secondary N) is 1. The quantitative estimate of drug-likeness (QED) is 0.756. The molecule has 0 aliphatic rings. The maximum absolute atomic E-state index is 12.0. The lowest BCUT2D eigenvalue weighted by molar-refractivity contribution is -0.115. The maximum atomic E-state index is 12.0. The monoisotopic (exact) mass is 322 g/mol. The molecule has 24 heavy (non-hydrogen) atoms. The number of aryl methyl sites for hydroxylation is 1. The Labute approximate surface area is 140 Å². The molecule has 122 valence electrons. The number of aromatic nitrogens is 3. The van der Waals surface area contributed by atoms with Crippen molar-refractivity contribution in [2.45, 2.75) is 19.9 Å². The predicted molar refractivity (Wildman–Crippen MR) is 91.0 cm³/mol. The number of benzene rings is 1. The van der Waals surface area contributed by atoms with Crippen LogP contribution in [0.3, 0.4) is 0 Å². The zero-order chi connectivity index (χ0) is 16.8. The minimum atomic E-state index is -0.130. The first-order valence-electron chi connectivity index (χ1n) is 7.73. The average Bonchev–Trinajstić information content (AvgIpc) is 3.05. The second-order valence-electron chi connectivity index (χ2n) is 5.22. The fourth-order valence-electron chi connectivity index (χ4n) is 2.18. The summed E-state index contributed by atoms with van der Waals surface area (Å²) in [5, 5.41) is 6.92. The van der Waals surface area contributed by atoms with E-state index in [4.69, 9.17) is 4.74 Å². The van der Waals surface area contributed by atoms with Gasteiger partial charge in [0.2, 0.25) is 5.91 Å². The van der Waals surface area contributed by atoms with Crippen LogP contribution in [0.15, 0.2) is 61.1 Å². The van der Waals surface area contributed by atoms with E-state index in [0.717, 1.165) is 17.9 Å². The van der Waals surface area contributed by atoms with Crippen molar-refractivity contribution in [1.82, 2.24) is 14.8 Å². The second-order valence-corrected chi connectivity index (χ2v) is 5.22. The number of hydrogen-bond donors (Lipinski definition) is 1. The van der Waals surface area contributed by atoms with E-state index in [1.807, 2.05) is 43.5 Å². The van der Waals surface area contributed by atoms with Gasteiger partial charge in [-0.1, -0.05) is 18.2 Å². The van der Waals surface area contributed by atoms with Gasteiger partial charge in [0.05, 0.1) is 18.8 Å². The van der Waals surface area contributed by atoms with Crippen LogP contribution in [0.2, 0.25) is 0 Å². The van der Waals surface area contributed by atoms with Crippen molar-refractivity contribution in [2.75, 3.05) is 5.32 Å². The molecule has 0 radical (unpaired) electrons. The van der Waals surface area contributed by atoms with Gasteiger partial charge in [-0.2, -0.15) is 5.10 Å². The average molecular weight is 322 g/mol. The summed E-state index contributed by atoms with van der Waals surface area (Å²) in [6, 6.07) is 12.9. The van der Waals surface area contributed by atoms with E-state index in [1.165, 1.54) is 0 Å². The molecule has 6 heteroatoms. The second kappa shape index (κ2) is 7.41. The Morgan fingerprint density at radius 2 is 1.96 bits per heavy atom. The molecule has 0 atom stereocenters. The third-order valence-electron chi connectivity index (χ3n) is 3.36. The Morgan fingerprint density at radius 3 is 2.62 bits per heavy atom. The van der Waals surface area contributed by atoms with Crippen molar-refractivity contribution in [3.05, 3.63) is 66.6 Å². The van der Waals surface area contributed by atoms with Crippen LogP contribution in [0.25, 0.3) is 0 Å². The highest BCUT2D eigenvalue weighted by molar-refractivity contribution is 5.91. The lowest BCUT2D eigenvalue weighted by Crippen LogP contribution is -2.14. The molecule has 3 aromatic rings. The van der Waals surface area contributed by atoms with Crippen molar-refractivity contribution >= 4 is 11.7 Å². The molecule has 2 aromatic heterocycles. The molecule has 6 nitrogen and oxygen atoms in total. The Morgan fingerprint density at radius 1 is 1.12 bits per heavy atom. The summed E-state index contributed by atoms with van der Waals surface area (Å²) >= 11 is 0. The fraction of sp³-hybridized carbons (Fsp3) is 0.167. The van der Waals surface area contributed by atoms with Crippen molar-refractivity contribution in [1.29, 1.82) is 0 Å². The van der Waals surface area contributed by atoms with Gasteiger partial charge >= 0.3 is 0 Å². The van der Waals surface area contributed by atoms with E-state index in [9.17, 15) is 4.79 Å². The SMILES string of the molecule is CCn1cc(CC(=O)Nc2ccc(Oc3ccccc3)cn2)cn1. The lowest BCUT2D eigenvalue weighted by Gasteiger charge is -2.07. The molecule has 3 rings (SSSR count). The lowest BCUT2D eigenvalue weighted by atomic mass is 10.2. The number of para-hydroxylation sites is 1. The molecule has 0 saturated carbocycles. The van der Waals surface area contributed by atoms with Gasteiger partial charge < -0.3 is 10.1 Å². The van der Waals surface area contributed by atoms with E-state index in [2.05, 4.69) is 15.4 Å². The number of carbonyl (C=O) groups excluding carboxylic acids is 1. The highest BCUT2D eigenvalue weighted by Gasteiger charge is 2.07. The summed E-state index contributed by atoms with van der Waals surface area (Å²) in [7, 11) is 0. The van der Waals surface area contributed by atoms with Gasteiger partial charge in [-0.05, 0) is 36.8 Å². The summed E-state index contributed by atoms with van der Waals surface area (Å²) in [4.78, 5) is 16.2. The van der Waals surface area contributed by atoms with Crippen LogP contribution in [-0.2, 0) is 17.8 Å². The first-order chi connectivity index (χ1) is 11.7. The minimum absolute atomic E-state index is 0.130. The van der Waals surface area contributed by atoms with Gasteiger partial charge in [0.1, 0.15) is 17.3 Å². The third kappa shape index (κ3) is 4.19. The number of carbonyl (C=O) groups is 1. The highest BCUT2D eigenvalue weighted by Crippen LogP contribution is 2.20. The van der Waals surface area contributed by atoms with Gasteiger partial charge in [-0.3, -0.25) is 9.48 Å². The summed E-state index contributed by atoms with van der Waals surface area (Å²) in [6.07, 6.45) is 5.42. The molecule has 1 amide bonds. The molecule has 1 N–H and O–H groups in total. The smallest absolute Gasteiger partial charge is 0.230 e. The number of anilines is 1. The highest BCUT2D eigenvalue weighted by atomic mass is 16.5. The van der Waals surface area contributed by atoms with Crippen LogP contribution in [0.5, 0.6) is 11.5 Å². The van der Waals surface area contributed by atoms with Crippen molar-refractivity contribution in [3.63, 3.8) is 0 Å².